The Labute approximate surface area is 160 Å². The van der Waals surface area contributed by atoms with Gasteiger partial charge in [0.25, 0.3) is 5.69 Å². The highest BCUT2D eigenvalue weighted by Gasteiger charge is 2.29. The van der Waals surface area contributed by atoms with E-state index in [9.17, 15) is 18.5 Å². The van der Waals surface area contributed by atoms with Gasteiger partial charge in [0, 0.05) is 12.1 Å². The molecule has 2 aromatic carbocycles. The van der Waals surface area contributed by atoms with Crippen LogP contribution < -0.4 is 9.46 Å². The molecule has 1 heterocycles. The van der Waals surface area contributed by atoms with Crippen LogP contribution in [-0.4, -0.2) is 35.6 Å². The number of rotatable bonds is 7. The Morgan fingerprint density at radius 1 is 1.21 bits per heavy atom. The maximum atomic E-state index is 13.1. The number of H-pyrrole nitrogens is 1. The van der Waals surface area contributed by atoms with Crippen LogP contribution in [0.3, 0.4) is 0 Å². The van der Waals surface area contributed by atoms with Crippen molar-refractivity contribution in [3.8, 4) is 5.75 Å². The molecule has 1 unspecified atom stereocenters. The second kappa shape index (κ2) is 7.74. The maximum absolute atomic E-state index is 13.1. The number of nitrogens with one attached hydrogen (secondary N) is 2. The van der Waals surface area contributed by atoms with Gasteiger partial charge in [0.05, 0.1) is 12.0 Å². The Bertz CT molecular complexity index is 1100. The lowest BCUT2D eigenvalue weighted by molar-refractivity contribution is -0.385. The third-order valence-electron chi connectivity index (χ3n) is 3.93. The molecule has 3 rings (SSSR count). The van der Waals surface area contributed by atoms with Crippen LogP contribution >= 0.6 is 0 Å². The number of ether oxygens (including phenoxy) is 1. The van der Waals surface area contributed by atoms with E-state index in [1.807, 2.05) is 0 Å². The molecule has 146 valence electrons. The molecule has 28 heavy (non-hydrogen) atoms. The molecule has 2 N–H and O–H groups in total. The fourth-order valence-electron chi connectivity index (χ4n) is 2.61. The first-order valence-corrected chi connectivity index (χ1v) is 9.59. The minimum absolute atomic E-state index is 0.0175. The van der Waals surface area contributed by atoms with Crippen molar-refractivity contribution < 1.29 is 18.1 Å². The molecular weight excluding hydrogens is 386 g/mol. The Balaban J connectivity index is 2.07. The standard InChI is InChI=1S/C17H17N5O5S/c1-11-18-17(20-19-11)16(12-6-4-3-5-7-12)21-28(25,26)15-10-13(22(23)24)8-9-14(15)27-2/h3-10,16,21H,1-2H3,(H,18,19,20). The number of hydrogen-bond acceptors (Lipinski definition) is 7. The van der Waals surface area contributed by atoms with Gasteiger partial charge in [0.15, 0.2) is 5.82 Å². The highest BCUT2D eigenvalue weighted by atomic mass is 32.2. The van der Waals surface area contributed by atoms with Crippen LogP contribution in [0.4, 0.5) is 5.69 Å². The normalized spacial score (nSPS) is 12.5. The zero-order valence-electron chi connectivity index (χ0n) is 15.0. The lowest BCUT2D eigenvalue weighted by Gasteiger charge is -2.17. The number of sulfonamides is 1. The van der Waals surface area contributed by atoms with Crippen LogP contribution in [-0.2, 0) is 10.0 Å². The van der Waals surface area contributed by atoms with Gasteiger partial charge in [0.2, 0.25) is 10.0 Å². The van der Waals surface area contributed by atoms with Crippen molar-refractivity contribution in [1.29, 1.82) is 0 Å². The smallest absolute Gasteiger partial charge is 0.271 e. The molecule has 0 radical (unpaired) electrons. The van der Waals surface area contributed by atoms with E-state index in [0.717, 1.165) is 6.07 Å². The Kier molecular flexibility index (Phi) is 5.38. The van der Waals surface area contributed by atoms with E-state index >= 15 is 0 Å². The number of non-ortho nitro benzene ring substituents is 1. The van der Waals surface area contributed by atoms with Crippen molar-refractivity contribution in [3.05, 3.63) is 75.9 Å². The third kappa shape index (κ3) is 4.00. The van der Waals surface area contributed by atoms with E-state index in [-0.39, 0.29) is 22.2 Å². The molecule has 1 aromatic heterocycles. The first-order chi connectivity index (χ1) is 13.3. The van der Waals surface area contributed by atoms with Gasteiger partial charge in [-0.2, -0.15) is 9.82 Å². The van der Waals surface area contributed by atoms with Crippen LogP contribution in [0.15, 0.2) is 53.4 Å². The van der Waals surface area contributed by atoms with Gasteiger partial charge >= 0.3 is 0 Å². The quantitative estimate of drug-likeness (QED) is 0.455. The summed E-state index contributed by atoms with van der Waals surface area (Å²) in [6.45, 7) is 1.69. The number of aryl methyl sites for hydroxylation is 1. The monoisotopic (exact) mass is 403 g/mol. The van der Waals surface area contributed by atoms with Crippen LogP contribution in [0, 0.1) is 17.0 Å². The van der Waals surface area contributed by atoms with Gasteiger partial charge in [-0.3, -0.25) is 15.2 Å². The molecule has 0 saturated carbocycles. The Morgan fingerprint density at radius 2 is 1.93 bits per heavy atom. The summed E-state index contributed by atoms with van der Waals surface area (Å²) in [5.74, 6) is 0.718. The predicted molar refractivity (Wildman–Crippen MR) is 99.4 cm³/mol. The number of methoxy groups -OCH3 is 1. The van der Waals surface area contributed by atoms with Crippen LogP contribution in [0.1, 0.15) is 23.3 Å². The van der Waals surface area contributed by atoms with Gasteiger partial charge in [-0.1, -0.05) is 30.3 Å². The lowest BCUT2D eigenvalue weighted by Crippen LogP contribution is -2.30. The molecule has 3 aromatic rings. The van der Waals surface area contributed by atoms with Gasteiger partial charge < -0.3 is 4.74 Å². The maximum Gasteiger partial charge on any atom is 0.271 e. The Morgan fingerprint density at radius 3 is 2.50 bits per heavy atom. The van der Waals surface area contributed by atoms with Crippen molar-refractivity contribution in [1.82, 2.24) is 19.9 Å². The summed E-state index contributed by atoms with van der Waals surface area (Å²) in [5, 5.41) is 17.8. The molecule has 0 saturated heterocycles. The summed E-state index contributed by atoms with van der Waals surface area (Å²) in [5.41, 5.74) is 0.237. The zero-order valence-corrected chi connectivity index (χ0v) is 15.8. The molecule has 0 fully saturated rings. The van der Waals surface area contributed by atoms with Gasteiger partial charge in [-0.15, -0.1) is 0 Å². The van der Waals surface area contributed by atoms with Crippen molar-refractivity contribution in [2.45, 2.75) is 17.9 Å². The van der Waals surface area contributed by atoms with E-state index in [0.29, 0.717) is 11.4 Å². The van der Waals surface area contributed by atoms with Crippen LogP contribution in [0.2, 0.25) is 0 Å². The lowest BCUT2D eigenvalue weighted by atomic mass is 10.1. The third-order valence-corrected chi connectivity index (χ3v) is 5.37. The molecule has 10 nitrogen and oxygen atoms in total. The van der Waals surface area contributed by atoms with E-state index < -0.39 is 21.0 Å². The minimum atomic E-state index is -4.22. The number of benzene rings is 2. The molecule has 1 atom stereocenters. The molecule has 0 aliphatic rings. The van der Waals surface area contributed by atoms with Gasteiger partial charge in [-0.05, 0) is 18.6 Å². The SMILES string of the molecule is COc1ccc([N+](=O)[O-])cc1S(=O)(=O)NC(c1ccccc1)c1n[nH]c(C)n1. The van der Waals surface area contributed by atoms with Crippen LogP contribution in [0.25, 0.3) is 0 Å². The molecule has 0 aliphatic heterocycles. The highest BCUT2D eigenvalue weighted by Crippen LogP contribution is 2.30. The van der Waals surface area contributed by atoms with Gasteiger partial charge in [0.1, 0.15) is 22.5 Å². The first kappa shape index (κ1) is 19.5. The summed E-state index contributed by atoms with van der Waals surface area (Å²) in [6.07, 6.45) is 0. The highest BCUT2D eigenvalue weighted by molar-refractivity contribution is 7.89. The van der Waals surface area contributed by atoms with Crippen molar-refractivity contribution in [2.24, 2.45) is 0 Å². The number of aromatic amines is 1. The average Bonchev–Trinajstić information content (AvgIpc) is 3.12. The molecule has 11 heteroatoms. The second-order valence-electron chi connectivity index (χ2n) is 5.84. The van der Waals surface area contributed by atoms with Crippen molar-refractivity contribution >= 4 is 15.7 Å². The number of nitro groups is 1. The van der Waals surface area contributed by atoms with E-state index in [1.165, 1.54) is 19.2 Å². The molecule has 0 aliphatic carbocycles. The Hall–Kier alpha value is -3.31. The predicted octanol–water partition coefficient (Wildman–Crippen LogP) is 2.10. The van der Waals surface area contributed by atoms with Gasteiger partial charge in [-0.25, -0.2) is 13.4 Å². The first-order valence-electron chi connectivity index (χ1n) is 8.10. The number of hydrogen-bond donors (Lipinski definition) is 2. The molecule has 0 amide bonds. The fourth-order valence-corrected chi connectivity index (χ4v) is 3.98. The van der Waals surface area contributed by atoms with Crippen LogP contribution in [0.5, 0.6) is 5.75 Å². The average molecular weight is 403 g/mol. The topological polar surface area (TPSA) is 140 Å². The number of nitrogens with zero attached hydrogens (tertiary/aromatic N) is 3. The molecule has 0 spiro atoms. The second-order valence-corrected chi connectivity index (χ2v) is 7.52. The summed E-state index contributed by atoms with van der Waals surface area (Å²) in [7, 11) is -2.93. The summed E-state index contributed by atoms with van der Waals surface area (Å²) >= 11 is 0. The van der Waals surface area contributed by atoms with E-state index in [4.69, 9.17) is 4.74 Å². The summed E-state index contributed by atoms with van der Waals surface area (Å²) < 4.78 is 33.7. The number of aromatic nitrogens is 3. The summed E-state index contributed by atoms with van der Waals surface area (Å²) in [6, 6.07) is 11.2. The molecule has 0 bridgehead atoms. The van der Waals surface area contributed by atoms with Crippen molar-refractivity contribution in [2.75, 3.05) is 7.11 Å². The minimum Gasteiger partial charge on any atom is -0.495 e. The molecular formula is C17H17N5O5S. The fraction of sp³-hybridized carbons (Fsp3) is 0.176. The van der Waals surface area contributed by atoms with Crippen molar-refractivity contribution in [3.63, 3.8) is 0 Å². The zero-order chi connectivity index (χ0) is 20.3. The van der Waals surface area contributed by atoms with E-state index in [1.54, 1.807) is 37.3 Å². The largest absolute Gasteiger partial charge is 0.495 e. The number of nitro benzene ring substituents is 1. The van der Waals surface area contributed by atoms with E-state index in [2.05, 4.69) is 19.9 Å². The summed E-state index contributed by atoms with van der Waals surface area (Å²) in [4.78, 5) is 14.3.